The average Bonchev–Trinajstić information content (AvgIpc) is 3.45. The molecule has 204 valence electrons. The van der Waals surface area contributed by atoms with E-state index in [0.717, 1.165) is 12.1 Å². The lowest BCUT2D eigenvalue weighted by Gasteiger charge is -2.27. The number of alkyl halides is 3. The van der Waals surface area contributed by atoms with Crippen molar-refractivity contribution in [2.24, 2.45) is 0 Å². The second kappa shape index (κ2) is 9.35. The summed E-state index contributed by atoms with van der Waals surface area (Å²) in [6.07, 6.45) is -3.19. The summed E-state index contributed by atoms with van der Waals surface area (Å²) >= 11 is 0. The Kier molecular flexibility index (Phi) is 6.56. The lowest BCUT2D eigenvalue weighted by Crippen LogP contribution is -2.42. The zero-order valence-electron chi connectivity index (χ0n) is 20.5. The molecular weight excluding hydrogens is 525 g/mol. The Morgan fingerprint density at radius 2 is 1.76 bits per heavy atom. The van der Waals surface area contributed by atoms with E-state index in [1.165, 1.54) is 29.2 Å². The van der Waals surface area contributed by atoms with Crippen molar-refractivity contribution < 1.29 is 41.0 Å². The molecule has 2 amide bonds. The van der Waals surface area contributed by atoms with Crippen LogP contribution in [-0.4, -0.2) is 54.4 Å². The fourth-order valence-electron chi connectivity index (χ4n) is 4.87. The molecule has 1 saturated heterocycles. The average molecular weight is 553 g/mol. The fourth-order valence-corrected chi connectivity index (χ4v) is 6.58. The number of hydrogen-bond donors (Lipinski definition) is 2. The van der Waals surface area contributed by atoms with Crippen LogP contribution in [0, 0.1) is 0 Å². The summed E-state index contributed by atoms with van der Waals surface area (Å²) in [4.78, 5) is 28.3. The van der Waals surface area contributed by atoms with Gasteiger partial charge in [0.15, 0.2) is 15.4 Å². The van der Waals surface area contributed by atoms with Crippen LogP contribution in [0.25, 0.3) is 0 Å². The number of aliphatic hydroxyl groups is 1. The molecule has 2 aromatic carbocycles. The van der Waals surface area contributed by atoms with Gasteiger partial charge in [-0.3, -0.25) is 9.59 Å². The highest BCUT2D eigenvalue weighted by atomic mass is 32.2. The topological polar surface area (TPSA) is 113 Å². The predicted octanol–water partition coefficient (Wildman–Crippen LogP) is 3.59. The molecule has 0 aromatic heterocycles. The van der Waals surface area contributed by atoms with Gasteiger partial charge in [-0.15, -0.1) is 0 Å². The van der Waals surface area contributed by atoms with Crippen LogP contribution in [0.5, 0.6) is 0 Å². The van der Waals surface area contributed by atoms with Gasteiger partial charge in [-0.1, -0.05) is 18.2 Å². The minimum absolute atomic E-state index is 0.0214. The number of amides is 2. The van der Waals surface area contributed by atoms with Crippen molar-refractivity contribution in [1.29, 1.82) is 0 Å². The maximum atomic E-state index is 13.5. The monoisotopic (exact) mass is 552 g/mol. The molecule has 1 aliphatic carbocycles. The smallest absolute Gasteiger partial charge is 0.376 e. The molecule has 2 N–H and O–H groups in total. The van der Waals surface area contributed by atoms with Gasteiger partial charge in [-0.05, 0) is 73.6 Å². The van der Waals surface area contributed by atoms with E-state index in [1.807, 2.05) is 0 Å². The van der Waals surface area contributed by atoms with Crippen LogP contribution in [0.2, 0.25) is 0 Å². The molecule has 2 heterocycles. The maximum absolute atomic E-state index is 13.5. The number of ether oxygens (including phenoxy) is 1. The second-order valence-corrected chi connectivity index (χ2v) is 12.3. The maximum Gasteiger partial charge on any atom is 0.421 e. The predicted molar refractivity (Wildman–Crippen MR) is 130 cm³/mol. The first kappa shape index (κ1) is 26.6. The van der Waals surface area contributed by atoms with Crippen LogP contribution in [0.1, 0.15) is 55.3 Å². The van der Waals surface area contributed by atoms with Crippen molar-refractivity contribution in [2.75, 3.05) is 11.9 Å². The molecule has 5 rings (SSSR count). The minimum Gasteiger partial charge on any atom is -0.376 e. The van der Waals surface area contributed by atoms with Gasteiger partial charge in [0.05, 0.1) is 10.1 Å². The van der Waals surface area contributed by atoms with E-state index < -0.39 is 50.5 Å². The SMILES string of the molecule is CC(O)(c1ccc(NC(=O)C2c3ccc(S(=O)(=O)C4CC4)cc3CN2C(=O)[C@H]2CCCO2)cc1)C(F)(F)F. The van der Waals surface area contributed by atoms with E-state index in [0.29, 0.717) is 50.3 Å². The lowest BCUT2D eigenvalue weighted by atomic mass is 9.95. The molecule has 0 spiro atoms. The number of anilines is 1. The molecule has 2 aromatic rings. The Hall–Kier alpha value is -2.96. The Balaban J connectivity index is 1.43. The number of carbonyl (C=O) groups is 2. The van der Waals surface area contributed by atoms with E-state index in [4.69, 9.17) is 4.74 Å². The van der Waals surface area contributed by atoms with Crippen molar-refractivity contribution in [3.63, 3.8) is 0 Å². The van der Waals surface area contributed by atoms with Crippen molar-refractivity contribution in [3.05, 3.63) is 59.2 Å². The van der Waals surface area contributed by atoms with Crippen LogP contribution in [0.4, 0.5) is 18.9 Å². The number of nitrogens with zero attached hydrogens (tertiary/aromatic N) is 1. The van der Waals surface area contributed by atoms with Gasteiger partial charge in [-0.25, -0.2) is 8.42 Å². The van der Waals surface area contributed by atoms with E-state index >= 15 is 0 Å². The highest BCUT2D eigenvalue weighted by molar-refractivity contribution is 7.92. The highest BCUT2D eigenvalue weighted by Crippen LogP contribution is 2.41. The number of sulfone groups is 1. The van der Waals surface area contributed by atoms with Gasteiger partial charge < -0.3 is 20.1 Å². The summed E-state index contributed by atoms with van der Waals surface area (Å²) < 4.78 is 70.6. The third kappa shape index (κ3) is 4.69. The molecule has 12 heteroatoms. The van der Waals surface area contributed by atoms with Gasteiger partial charge in [0.25, 0.3) is 11.8 Å². The summed E-state index contributed by atoms with van der Waals surface area (Å²) in [5.74, 6) is -0.995. The number of rotatable bonds is 6. The van der Waals surface area contributed by atoms with Gasteiger partial charge in [0.2, 0.25) is 0 Å². The van der Waals surface area contributed by atoms with E-state index in [1.54, 1.807) is 6.07 Å². The zero-order valence-corrected chi connectivity index (χ0v) is 21.3. The largest absolute Gasteiger partial charge is 0.421 e. The molecule has 2 aliphatic heterocycles. The second-order valence-electron chi connectivity index (χ2n) is 10.1. The van der Waals surface area contributed by atoms with Gasteiger partial charge >= 0.3 is 6.18 Å². The number of benzene rings is 2. The normalized spacial score (nSPS) is 23.1. The van der Waals surface area contributed by atoms with E-state index in [-0.39, 0.29) is 23.0 Å². The Morgan fingerprint density at radius 1 is 1.08 bits per heavy atom. The quantitative estimate of drug-likeness (QED) is 0.567. The Bertz CT molecular complexity index is 1360. The first-order valence-electron chi connectivity index (χ1n) is 12.3. The van der Waals surface area contributed by atoms with Crippen LogP contribution < -0.4 is 5.32 Å². The zero-order chi connectivity index (χ0) is 27.5. The summed E-state index contributed by atoms with van der Waals surface area (Å²) in [5.41, 5.74) is -2.28. The number of hydrogen-bond acceptors (Lipinski definition) is 6. The van der Waals surface area contributed by atoms with Crippen LogP contribution in [-0.2, 0) is 36.3 Å². The molecule has 2 unspecified atom stereocenters. The van der Waals surface area contributed by atoms with Gasteiger partial charge in [-0.2, -0.15) is 13.2 Å². The molecule has 1 saturated carbocycles. The third-order valence-electron chi connectivity index (χ3n) is 7.36. The van der Waals surface area contributed by atoms with Crippen molar-refractivity contribution in [1.82, 2.24) is 4.90 Å². The number of carbonyl (C=O) groups excluding carboxylic acids is 2. The van der Waals surface area contributed by atoms with Crippen LogP contribution in [0.3, 0.4) is 0 Å². The number of halogens is 3. The highest BCUT2D eigenvalue weighted by Gasteiger charge is 2.51. The number of nitrogens with one attached hydrogen (secondary N) is 1. The Labute approximate surface area is 217 Å². The summed E-state index contributed by atoms with van der Waals surface area (Å²) in [6.45, 7) is 1.09. The summed E-state index contributed by atoms with van der Waals surface area (Å²) in [5, 5.41) is 12.1. The van der Waals surface area contributed by atoms with Crippen LogP contribution in [0.15, 0.2) is 47.4 Å². The molecule has 2 fully saturated rings. The van der Waals surface area contributed by atoms with Crippen LogP contribution >= 0.6 is 0 Å². The number of fused-ring (bicyclic) bond motifs is 1. The third-order valence-corrected chi connectivity index (χ3v) is 9.62. The molecular formula is C26H27F3N2O6S. The Morgan fingerprint density at radius 3 is 2.34 bits per heavy atom. The molecule has 8 nitrogen and oxygen atoms in total. The van der Waals surface area contributed by atoms with Crippen molar-refractivity contribution >= 4 is 27.3 Å². The van der Waals surface area contributed by atoms with Gasteiger partial charge in [0, 0.05) is 18.8 Å². The lowest BCUT2D eigenvalue weighted by molar-refractivity contribution is -0.258. The standard InChI is InChI=1S/C26H27F3N2O6S/c1-25(34,26(27,28)29)16-4-6-17(7-5-16)30-23(32)22-20-11-10-19(38(35,36)18-8-9-18)13-15(20)14-31(22)24(33)21-3-2-12-37-21/h4-7,10-11,13,18,21-22,34H,2-3,8-9,12,14H2,1H3,(H,30,32)/t21-,22?,25?/m1/s1. The van der Waals surface area contributed by atoms with Crippen molar-refractivity contribution in [2.45, 2.75) is 73.2 Å². The van der Waals surface area contributed by atoms with E-state index in [9.17, 15) is 36.3 Å². The van der Waals surface area contributed by atoms with Gasteiger partial charge in [0.1, 0.15) is 12.1 Å². The minimum atomic E-state index is -4.89. The molecule has 0 bridgehead atoms. The van der Waals surface area contributed by atoms with Crippen molar-refractivity contribution in [3.8, 4) is 0 Å². The first-order chi connectivity index (χ1) is 17.8. The molecule has 3 atom stereocenters. The summed E-state index contributed by atoms with van der Waals surface area (Å²) in [7, 11) is -3.48. The molecule has 0 radical (unpaired) electrons. The fraction of sp³-hybridized carbons (Fsp3) is 0.462. The molecule has 3 aliphatic rings. The summed E-state index contributed by atoms with van der Waals surface area (Å²) in [6, 6.07) is 8.02. The van der Waals surface area contributed by atoms with E-state index in [2.05, 4.69) is 5.32 Å². The first-order valence-corrected chi connectivity index (χ1v) is 13.8. The molecule has 38 heavy (non-hydrogen) atoms.